The number of aromatic nitrogens is 3. The molecule has 2 aromatic heterocycles. The second kappa shape index (κ2) is 8.19. The van der Waals surface area contributed by atoms with Crippen molar-refractivity contribution < 1.29 is 14.3 Å². The van der Waals surface area contributed by atoms with Crippen LogP contribution in [0.5, 0.6) is 0 Å². The number of pyridine rings is 1. The van der Waals surface area contributed by atoms with Gasteiger partial charge in [0, 0.05) is 32.2 Å². The first kappa shape index (κ1) is 18.1. The summed E-state index contributed by atoms with van der Waals surface area (Å²) in [6.45, 7) is 2.57. The van der Waals surface area contributed by atoms with Gasteiger partial charge in [-0.1, -0.05) is 0 Å². The fourth-order valence-corrected chi connectivity index (χ4v) is 4.13. The molecule has 0 aromatic carbocycles. The fourth-order valence-electron chi connectivity index (χ4n) is 4.13. The van der Waals surface area contributed by atoms with E-state index in [-0.39, 0.29) is 18.1 Å². The van der Waals surface area contributed by atoms with E-state index in [2.05, 4.69) is 10.1 Å². The zero-order chi connectivity index (χ0) is 18.6. The fraction of sp³-hybridized carbons (Fsp3) is 0.550. The van der Waals surface area contributed by atoms with Gasteiger partial charge in [-0.15, -0.1) is 0 Å². The number of aryl methyl sites for hydroxylation is 1. The summed E-state index contributed by atoms with van der Waals surface area (Å²) in [5, 5.41) is 4.33. The summed E-state index contributed by atoms with van der Waals surface area (Å²) in [5.41, 5.74) is 1.95. The Morgan fingerprint density at radius 3 is 2.93 bits per heavy atom. The Balaban J connectivity index is 1.30. The highest BCUT2D eigenvalue weighted by atomic mass is 16.5. The Kier molecular flexibility index (Phi) is 5.50. The van der Waals surface area contributed by atoms with Crippen molar-refractivity contribution in [1.29, 1.82) is 0 Å². The molecule has 0 spiro atoms. The summed E-state index contributed by atoms with van der Waals surface area (Å²) < 4.78 is 13.6. The Bertz CT molecular complexity index is 764. The number of amides is 1. The maximum Gasteiger partial charge on any atom is 0.229 e. The molecule has 27 heavy (non-hydrogen) atoms. The van der Waals surface area contributed by atoms with Crippen LogP contribution in [0.3, 0.4) is 0 Å². The molecule has 3 heterocycles. The van der Waals surface area contributed by atoms with E-state index in [1.165, 1.54) is 0 Å². The molecule has 0 unspecified atom stereocenters. The van der Waals surface area contributed by atoms with E-state index in [1.54, 1.807) is 17.1 Å². The minimum Gasteiger partial charge on any atom is -0.376 e. The summed E-state index contributed by atoms with van der Waals surface area (Å²) >= 11 is 0. The third-order valence-electron chi connectivity index (χ3n) is 5.43. The van der Waals surface area contributed by atoms with Gasteiger partial charge in [-0.25, -0.2) is 0 Å². The van der Waals surface area contributed by atoms with Crippen molar-refractivity contribution in [2.24, 2.45) is 13.0 Å². The molecule has 1 saturated carbocycles. The lowest BCUT2D eigenvalue weighted by Crippen LogP contribution is -2.51. The van der Waals surface area contributed by atoms with Crippen molar-refractivity contribution in [2.45, 2.75) is 38.0 Å². The molecular formula is C20H26N4O3. The first-order valence-corrected chi connectivity index (χ1v) is 9.55. The molecule has 7 nitrogen and oxygen atoms in total. The largest absolute Gasteiger partial charge is 0.376 e. The lowest BCUT2D eigenvalue weighted by atomic mass is 10.1. The second-order valence-electron chi connectivity index (χ2n) is 7.43. The van der Waals surface area contributed by atoms with Gasteiger partial charge in [-0.3, -0.25) is 14.5 Å². The van der Waals surface area contributed by atoms with Crippen molar-refractivity contribution in [2.75, 3.05) is 19.8 Å². The summed E-state index contributed by atoms with van der Waals surface area (Å²) in [6.07, 6.45) is 7.80. The van der Waals surface area contributed by atoms with Crippen molar-refractivity contribution >= 4 is 5.91 Å². The van der Waals surface area contributed by atoms with Gasteiger partial charge in [0.25, 0.3) is 0 Å². The highest BCUT2D eigenvalue weighted by molar-refractivity contribution is 5.78. The number of nitrogens with zero attached hydrogens (tertiary/aromatic N) is 4. The van der Waals surface area contributed by atoms with Crippen LogP contribution >= 0.6 is 0 Å². The number of ether oxygens (including phenoxy) is 2. The summed E-state index contributed by atoms with van der Waals surface area (Å²) in [6, 6.07) is 6.00. The van der Waals surface area contributed by atoms with E-state index in [0.29, 0.717) is 38.7 Å². The third kappa shape index (κ3) is 4.36. The average molecular weight is 370 g/mol. The maximum absolute atomic E-state index is 12.8. The first-order chi connectivity index (χ1) is 13.2. The third-order valence-corrected chi connectivity index (χ3v) is 5.43. The van der Waals surface area contributed by atoms with E-state index in [0.717, 1.165) is 24.1 Å². The Morgan fingerprint density at radius 2 is 2.15 bits per heavy atom. The Labute approximate surface area is 159 Å². The molecule has 1 amide bonds. The van der Waals surface area contributed by atoms with Crippen LogP contribution in [0.1, 0.15) is 24.1 Å². The van der Waals surface area contributed by atoms with Crippen LogP contribution in [-0.2, 0) is 34.3 Å². The SMILES string of the molecule is Cn1ccc(CC(=O)N2CCO[C@@H]3C[C@H](COCc4ccncc4)C[C@@H]32)n1. The van der Waals surface area contributed by atoms with E-state index in [4.69, 9.17) is 9.47 Å². The number of rotatable bonds is 6. The number of morpholine rings is 1. The molecule has 0 bridgehead atoms. The van der Waals surface area contributed by atoms with Gasteiger partial charge in [0.2, 0.25) is 5.91 Å². The van der Waals surface area contributed by atoms with Crippen LogP contribution in [0.25, 0.3) is 0 Å². The first-order valence-electron chi connectivity index (χ1n) is 9.55. The lowest BCUT2D eigenvalue weighted by Gasteiger charge is -2.37. The molecule has 2 fully saturated rings. The number of carbonyl (C=O) groups excluding carboxylic acids is 1. The van der Waals surface area contributed by atoms with Crippen LogP contribution in [0, 0.1) is 5.92 Å². The second-order valence-corrected chi connectivity index (χ2v) is 7.43. The number of carbonyl (C=O) groups is 1. The average Bonchev–Trinajstić information content (AvgIpc) is 3.27. The predicted octanol–water partition coefficient (Wildman–Crippen LogP) is 1.58. The van der Waals surface area contributed by atoms with Crippen LogP contribution < -0.4 is 0 Å². The quantitative estimate of drug-likeness (QED) is 0.772. The molecule has 7 heteroatoms. The predicted molar refractivity (Wildman–Crippen MR) is 98.8 cm³/mol. The molecular weight excluding hydrogens is 344 g/mol. The Morgan fingerprint density at radius 1 is 1.30 bits per heavy atom. The molecule has 1 saturated heterocycles. The van der Waals surface area contributed by atoms with Gasteiger partial charge in [-0.2, -0.15) is 5.10 Å². The highest BCUT2D eigenvalue weighted by Gasteiger charge is 2.42. The van der Waals surface area contributed by atoms with Gasteiger partial charge in [-0.05, 0) is 42.5 Å². The van der Waals surface area contributed by atoms with E-state index >= 15 is 0 Å². The molecule has 144 valence electrons. The van der Waals surface area contributed by atoms with Crippen molar-refractivity contribution in [1.82, 2.24) is 19.7 Å². The molecule has 4 rings (SSSR count). The van der Waals surface area contributed by atoms with Gasteiger partial charge >= 0.3 is 0 Å². The van der Waals surface area contributed by atoms with Gasteiger partial charge < -0.3 is 14.4 Å². The molecule has 1 aliphatic heterocycles. The molecule has 3 atom stereocenters. The van der Waals surface area contributed by atoms with Crippen molar-refractivity contribution in [3.8, 4) is 0 Å². The summed E-state index contributed by atoms with van der Waals surface area (Å²) in [4.78, 5) is 18.8. The van der Waals surface area contributed by atoms with Crippen LogP contribution in [-0.4, -0.2) is 57.5 Å². The van der Waals surface area contributed by atoms with E-state index in [9.17, 15) is 4.79 Å². The van der Waals surface area contributed by atoms with Crippen molar-refractivity contribution in [3.05, 3.63) is 48.0 Å². The zero-order valence-electron chi connectivity index (χ0n) is 15.7. The lowest BCUT2D eigenvalue weighted by molar-refractivity contribution is -0.143. The van der Waals surface area contributed by atoms with Gasteiger partial charge in [0.15, 0.2) is 0 Å². The normalized spacial score (nSPS) is 24.8. The van der Waals surface area contributed by atoms with Gasteiger partial charge in [0.1, 0.15) is 0 Å². The van der Waals surface area contributed by atoms with E-state index in [1.807, 2.05) is 36.3 Å². The van der Waals surface area contributed by atoms with Crippen LogP contribution in [0.2, 0.25) is 0 Å². The standard InChI is InChI=1S/C20H26N4O3/c1-23-7-4-17(22-23)12-20(25)24-8-9-27-19-11-16(10-18(19)24)14-26-13-15-2-5-21-6-3-15/h2-7,16,18-19H,8-14H2,1H3/t16-,18+,19-/m1/s1. The Hall–Kier alpha value is -2.25. The topological polar surface area (TPSA) is 69.5 Å². The molecule has 2 aliphatic rings. The minimum atomic E-state index is 0.126. The monoisotopic (exact) mass is 370 g/mol. The maximum atomic E-state index is 12.8. The van der Waals surface area contributed by atoms with E-state index < -0.39 is 0 Å². The number of fused-ring (bicyclic) bond motifs is 1. The smallest absolute Gasteiger partial charge is 0.229 e. The van der Waals surface area contributed by atoms with Crippen LogP contribution in [0.15, 0.2) is 36.8 Å². The molecule has 1 aliphatic carbocycles. The highest BCUT2D eigenvalue weighted by Crippen LogP contribution is 2.34. The number of hydrogen-bond acceptors (Lipinski definition) is 5. The van der Waals surface area contributed by atoms with Gasteiger partial charge in [0.05, 0.1) is 44.1 Å². The molecule has 0 N–H and O–H groups in total. The molecule has 2 aromatic rings. The minimum absolute atomic E-state index is 0.126. The van der Waals surface area contributed by atoms with Crippen molar-refractivity contribution in [3.63, 3.8) is 0 Å². The molecule has 0 radical (unpaired) electrons. The number of hydrogen-bond donors (Lipinski definition) is 0. The summed E-state index contributed by atoms with van der Waals surface area (Å²) in [7, 11) is 1.87. The zero-order valence-corrected chi connectivity index (χ0v) is 15.7. The summed E-state index contributed by atoms with van der Waals surface area (Å²) in [5.74, 6) is 0.565. The van der Waals surface area contributed by atoms with Crippen LogP contribution in [0.4, 0.5) is 0 Å².